The van der Waals surface area contributed by atoms with Crippen molar-refractivity contribution < 1.29 is 33.2 Å². The summed E-state index contributed by atoms with van der Waals surface area (Å²) in [7, 11) is -9.32. The molecule has 0 rings (SSSR count). The van der Waals surface area contributed by atoms with E-state index in [4.69, 9.17) is 14.7 Å². The van der Waals surface area contributed by atoms with Gasteiger partial charge in [0.2, 0.25) is 0 Å². The van der Waals surface area contributed by atoms with Gasteiger partial charge in [0.15, 0.2) is 0 Å². The Morgan fingerprint density at radius 1 is 1.13 bits per heavy atom. The molecule has 0 aliphatic heterocycles. The lowest BCUT2D eigenvalue weighted by molar-refractivity contribution is -0.131. The van der Waals surface area contributed by atoms with Crippen LogP contribution in [-0.4, -0.2) is 19.4 Å². The monoisotopic (exact) mass is 281 g/mol. The van der Waals surface area contributed by atoms with Gasteiger partial charge in [0.25, 0.3) is 0 Å². The Balaban J connectivity index is 4.10. The van der Waals surface area contributed by atoms with Crippen molar-refractivity contribution in [2.45, 2.75) is 25.5 Å². The smallest absolute Gasteiger partial charge is 0.310 e. The van der Waals surface area contributed by atoms with Crippen LogP contribution in [0.5, 0.6) is 0 Å². The topological polar surface area (TPSA) is 125 Å². The number of phosphoric acid groups is 1. The second-order valence-electron chi connectivity index (χ2n) is 3.47. The summed E-state index contributed by atoms with van der Waals surface area (Å²) in [4.78, 5) is 25.4. The van der Waals surface area contributed by atoms with E-state index in [0.29, 0.717) is 0 Å². The summed E-state index contributed by atoms with van der Waals surface area (Å²) in [5.41, 5.74) is 0. The molecular weight excluding hydrogens is 268 g/mol. The zero-order chi connectivity index (χ0) is 12.3. The van der Waals surface area contributed by atoms with Crippen LogP contribution in [0.3, 0.4) is 0 Å². The van der Waals surface area contributed by atoms with Crippen molar-refractivity contribution >= 4 is 27.5 Å². The summed E-state index contributed by atoms with van der Waals surface area (Å²) in [5, 5.41) is 0. The van der Waals surface area contributed by atoms with Crippen LogP contribution in [0.4, 0.5) is 0 Å². The molecule has 0 spiro atoms. The first-order valence-corrected chi connectivity index (χ1v) is 7.55. The van der Waals surface area contributed by atoms with Gasteiger partial charge in [-0.2, -0.15) is 4.49 Å². The summed E-state index contributed by atoms with van der Waals surface area (Å²) in [6.45, 7) is 5.28. The molecule has 1 unspecified atom stereocenters. The Kier molecular flexibility index (Phi) is 5.47. The molecule has 0 aromatic heterocycles. The summed E-state index contributed by atoms with van der Waals surface area (Å²) in [5.74, 6) is 0. The highest BCUT2D eigenvalue weighted by Crippen LogP contribution is 2.48. The highest BCUT2D eigenvalue weighted by Gasteiger charge is 2.28. The first-order valence-electron chi connectivity index (χ1n) is 3.63. The minimum atomic E-state index is -4.93. The van der Waals surface area contributed by atoms with E-state index in [1.165, 1.54) is 0 Å². The Labute approximate surface area is 91.3 Å². The van der Waals surface area contributed by atoms with Gasteiger partial charge in [-0.1, -0.05) is 11.9 Å². The fraction of sp³-hybridized carbons (Fsp3) is 1.00. The minimum absolute atomic E-state index is 0.371. The number of hydrogen-bond donors (Lipinski definition) is 4. The third kappa shape index (κ3) is 10.8. The molecule has 8 nitrogen and oxygen atoms in total. The second kappa shape index (κ2) is 5.27. The normalized spacial score (nSPS) is 17.5. The predicted molar refractivity (Wildman–Crippen MR) is 54.5 cm³/mol. The van der Waals surface area contributed by atoms with Crippen molar-refractivity contribution in [2.75, 3.05) is 0 Å². The number of hydrogen-bond acceptors (Lipinski definition) is 5. The molecule has 11 heteroatoms. The highest BCUT2D eigenvalue weighted by molar-refractivity contribution is 8.02. The third-order valence-corrected chi connectivity index (χ3v) is 3.26. The van der Waals surface area contributed by atoms with Crippen LogP contribution >= 0.6 is 27.5 Å². The van der Waals surface area contributed by atoms with Crippen LogP contribution in [0, 0.1) is 0 Å². The van der Waals surface area contributed by atoms with E-state index < -0.39 is 15.6 Å². The van der Waals surface area contributed by atoms with Crippen LogP contribution in [-0.2, 0) is 18.5 Å². The lowest BCUT2D eigenvalue weighted by atomic mass is 10.3. The van der Waals surface area contributed by atoms with E-state index in [0.717, 1.165) is 11.9 Å². The molecule has 0 radical (unpaired) electrons. The van der Waals surface area contributed by atoms with E-state index in [1.807, 2.05) is 4.49 Å². The summed E-state index contributed by atoms with van der Waals surface area (Å²) < 4.78 is 30.0. The van der Waals surface area contributed by atoms with E-state index in [2.05, 4.69) is 9.35 Å². The molecule has 0 fully saturated rings. The zero-order valence-electron chi connectivity index (χ0n) is 8.28. The Bertz CT molecular complexity index is 296. The van der Waals surface area contributed by atoms with Gasteiger partial charge in [-0.25, -0.2) is 9.13 Å². The van der Waals surface area contributed by atoms with Crippen molar-refractivity contribution in [3.8, 4) is 0 Å². The third-order valence-electron chi connectivity index (χ3n) is 0.699. The molecule has 15 heavy (non-hydrogen) atoms. The van der Waals surface area contributed by atoms with Gasteiger partial charge in [0.1, 0.15) is 0 Å². The Hall–Kier alpha value is 0.570. The molecule has 1 atom stereocenters. The van der Waals surface area contributed by atoms with Crippen LogP contribution in [0.15, 0.2) is 0 Å². The van der Waals surface area contributed by atoms with Gasteiger partial charge < -0.3 is 14.7 Å². The summed E-state index contributed by atoms with van der Waals surface area (Å²) in [6, 6.07) is 0. The molecule has 4 N–H and O–H groups in total. The largest absolute Gasteiger partial charge is 0.497 e. The number of rotatable bonds is 5. The summed E-state index contributed by atoms with van der Waals surface area (Å²) in [6.07, 6.45) is 0. The van der Waals surface area contributed by atoms with Crippen LogP contribution in [0.1, 0.15) is 20.8 Å². The van der Waals surface area contributed by atoms with Crippen LogP contribution in [0.25, 0.3) is 0 Å². The molecular formula is C4H13NO7P2S. The Morgan fingerprint density at radius 3 is 1.93 bits per heavy atom. The van der Waals surface area contributed by atoms with Crippen molar-refractivity contribution in [2.24, 2.45) is 0 Å². The van der Waals surface area contributed by atoms with Crippen molar-refractivity contribution in [1.82, 2.24) is 4.49 Å². The minimum Gasteiger partial charge on any atom is -0.310 e. The van der Waals surface area contributed by atoms with Crippen LogP contribution < -0.4 is 4.49 Å². The first kappa shape index (κ1) is 15.6. The van der Waals surface area contributed by atoms with Gasteiger partial charge in [0.05, 0.1) is 0 Å². The van der Waals surface area contributed by atoms with Gasteiger partial charge in [-0.15, -0.1) is 9.35 Å². The van der Waals surface area contributed by atoms with Gasteiger partial charge in [-0.05, 0) is 20.8 Å². The van der Waals surface area contributed by atoms with Crippen LogP contribution in [0.2, 0.25) is 0 Å². The van der Waals surface area contributed by atoms with Gasteiger partial charge in [-0.3, -0.25) is 0 Å². The van der Waals surface area contributed by atoms with E-state index in [-0.39, 0.29) is 4.75 Å². The molecule has 0 bridgehead atoms. The number of nitrogens with one attached hydrogen (secondary N) is 1. The van der Waals surface area contributed by atoms with Crippen molar-refractivity contribution in [3.05, 3.63) is 0 Å². The van der Waals surface area contributed by atoms with E-state index in [1.54, 1.807) is 20.8 Å². The zero-order valence-corrected chi connectivity index (χ0v) is 10.9. The molecule has 0 aliphatic carbocycles. The first-order chi connectivity index (χ1) is 6.41. The SMILES string of the molecule is CC(C)(C)SNP(=O)(O)OOP(=O)(O)O. The van der Waals surface area contributed by atoms with E-state index >= 15 is 0 Å². The molecule has 0 aliphatic rings. The van der Waals surface area contributed by atoms with Crippen molar-refractivity contribution in [3.63, 3.8) is 0 Å². The lowest BCUT2D eigenvalue weighted by Gasteiger charge is -2.19. The van der Waals surface area contributed by atoms with Crippen molar-refractivity contribution in [1.29, 1.82) is 0 Å². The molecule has 0 saturated heterocycles. The molecule has 92 valence electrons. The molecule has 0 aromatic carbocycles. The second-order valence-corrected chi connectivity index (χ2v) is 7.95. The lowest BCUT2D eigenvalue weighted by Crippen LogP contribution is -2.16. The Morgan fingerprint density at radius 2 is 1.60 bits per heavy atom. The molecule has 0 aromatic rings. The van der Waals surface area contributed by atoms with Gasteiger partial charge in [0, 0.05) is 4.75 Å². The predicted octanol–water partition coefficient (Wildman–Crippen LogP) is 1.16. The quantitative estimate of drug-likeness (QED) is 0.254. The molecule has 0 saturated carbocycles. The standard InChI is InChI=1S/C4H13NO7P2S/c1-4(2,3)15-5-13(6,7)11-12-14(8,9)10/h1-3H3,(H2,5,6,7)(H2,8,9,10). The average molecular weight is 281 g/mol. The molecule has 0 heterocycles. The maximum absolute atomic E-state index is 11.0. The fourth-order valence-electron chi connectivity index (χ4n) is 0.298. The average Bonchev–Trinajstić information content (AvgIpc) is 1.96. The maximum atomic E-state index is 11.0. The maximum Gasteiger partial charge on any atom is 0.497 e. The van der Waals surface area contributed by atoms with E-state index in [9.17, 15) is 9.13 Å². The molecule has 0 amide bonds. The fourth-order valence-corrected chi connectivity index (χ4v) is 2.69. The highest BCUT2D eigenvalue weighted by atomic mass is 32.2. The van der Waals surface area contributed by atoms with Gasteiger partial charge >= 0.3 is 15.6 Å². The summed E-state index contributed by atoms with van der Waals surface area (Å²) >= 11 is 0.870.